The summed E-state index contributed by atoms with van der Waals surface area (Å²) in [6, 6.07) is 21.9. The lowest BCUT2D eigenvalue weighted by molar-refractivity contribution is -0.145. The molecule has 0 N–H and O–H groups in total. The molecule has 1 fully saturated rings. The Morgan fingerprint density at radius 1 is 1.03 bits per heavy atom. The fourth-order valence-corrected chi connectivity index (χ4v) is 8.50. The molecule has 0 spiro atoms. The molecule has 2 aromatic rings. The Bertz CT molecular complexity index is 752. The molecule has 0 amide bonds. The first-order valence-electron chi connectivity index (χ1n) is 10.5. The summed E-state index contributed by atoms with van der Waals surface area (Å²) in [5.41, 5.74) is 0.0583. The summed E-state index contributed by atoms with van der Waals surface area (Å²) >= 11 is 0. The molecule has 2 unspecified atom stereocenters. The van der Waals surface area contributed by atoms with Crippen LogP contribution in [0, 0.1) is 5.92 Å². The minimum Gasteiger partial charge on any atom is -0.469 e. The van der Waals surface area contributed by atoms with Crippen molar-refractivity contribution < 1.29 is 9.53 Å². The van der Waals surface area contributed by atoms with Gasteiger partial charge in [-0.2, -0.15) is 0 Å². The smallest absolute Gasteiger partial charge is 0.309 e. The van der Waals surface area contributed by atoms with Gasteiger partial charge in [0.05, 0.1) is 18.8 Å². The van der Waals surface area contributed by atoms with E-state index in [-0.39, 0.29) is 17.4 Å². The van der Waals surface area contributed by atoms with Crippen LogP contribution in [0.25, 0.3) is 0 Å². The number of nitrogens with zero attached hydrogens (tertiary/aromatic N) is 2. The molecule has 0 radical (unpaired) electrons. The van der Waals surface area contributed by atoms with Crippen molar-refractivity contribution in [3.63, 3.8) is 0 Å². The van der Waals surface area contributed by atoms with Crippen molar-refractivity contribution in [3.05, 3.63) is 60.7 Å². The Labute approximate surface area is 177 Å². The van der Waals surface area contributed by atoms with Gasteiger partial charge in [-0.25, -0.2) is 0 Å². The summed E-state index contributed by atoms with van der Waals surface area (Å²) in [5, 5.41) is 2.88. The standard InChI is InChI=1S/C24H34N2O2Si/c1-19(22(27)28-5)18-25-16-17-26(24(2,3)4)23(25)29(20-12-8-6-9-13-20)21-14-10-7-11-15-21/h6-15,19,23,29H,16-18H2,1-5H3. The van der Waals surface area contributed by atoms with Crippen molar-refractivity contribution in [2.75, 3.05) is 26.7 Å². The Hall–Kier alpha value is -1.95. The van der Waals surface area contributed by atoms with Crippen LogP contribution in [0.2, 0.25) is 0 Å². The quantitative estimate of drug-likeness (QED) is 0.539. The molecule has 1 saturated heterocycles. The van der Waals surface area contributed by atoms with Crippen molar-refractivity contribution >= 4 is 25.1 Å². The van der Waals surface area contributed by atoms with Gasteiger partial charge >= 0.3 is 5.97 Å². The summed E-state index contributed by atoms with van der Waals surface area (Å²) in [5.74, 6) is 0.0473. The summed E-state index contributed by atoms with van der Waals surface area (Å²) in [4.78, 5) is 17.3. The van der Waals surface area contributed by atoms with Gasteiger partial charge in [-0.3, -0.25) is 14.6 Å². The molecule has 2 aromatic carbocycles. The van der Waals surface area contributed by atoms with Crippen LogP contribution >= 0.6 is 0 Å². The molecule has 1 heterocycles. The van der Waals surface area contributed by atoms with Gasteiger partial charge in [0.1, 0.15) is 8.80 Å². The number of hydrogen-bond donors (Lipinski definition) is 0. The molecule has 4 nitrogen and oxygen atoms in total. The number of benzene rings is 2. The Kier molecular flexibility index (Phi) is 6.93. The Balaban J connectivity index is 2.05. The fraction of sp³-hybridized carbons (Fsp3) is 0.458. The monoisotopic (exact) mass is 410 g/mol. The van der Waals surface area contributed by atoms with Crippen LogP contribution in [-0.4, -0.2) is 62.6 Å². The van der Waals surface area contributed by atoms with E-state index in [2.05, 4.69) is 91.2 Å². The van der Waals surface area contributed by atoms with E-state index in [9.17, 15) is 4.79 Å². The fourth-order valence-electron chi connectivity index (χ4n) is 4.51. The zero-order valence-electron chi connectivity index (χ0n) is 18.3. The van der Waals surface area contributed by atoms with E-state index in [0.717, 1.165) is 19.6 Å². The first-order chi connectivity index (χ1) is 13.8. The van der Waals surface area contributed by atoms with Gasteiger partial charge in [0.25, 0.3) is 0 Å². The molecular weight excluding hydrogens is 376 g/mol. The lowest BCUT2D eigenvalue weighted by atomic mass is 10.1. The molecule has 1 aliphatic rings. The summed E-state index contributed by atoms with van der Waals surface area (Å²) in [6.07, 6.45) is 0. The van der Waals surface area contributed by atoms with E-state index in [1.807, 2.05) is 6.92 Å². The third kappa shape index (κ3) is 4.97. The third-order valence-electron chi connectivity index (χ3n) is 5.91. The van der Waals surface area contributed by atoms with Crippen molar-refractivity contribution in [1.82, 2.24) is 9.80 Å². The second kappa shape index (κ2) is 9.24. The highest BCUT2D eigenvalue weighted by Gasteiger charge is 2.44. The van der Waals surface area contributed by atoms with Gasteiger partial charge < -0.3 is 4.74 Å². The van der Waals surface area contributed by atoms with Crippen LogP contribution in [0.5, 0.6) is 0 Å². The van der Waals surface area contributed by atoms with Crippen LogP contribution in [0.3, 0.4) is 0 Å². The molecule has 156 valence electrons. The predicted molar refractivity (Wildman–Crippen MR) is 122 cm³/mol. The topological polar surface area (TPSA) is 32.8 Å². The highest BCUT2D eigenvalue weighted by molar-refractivity contribution is 6.86. The summed E-state index contributed by atoms with van der Waals surface area (Å²) in [7, 11) is -0.138. The zero-order valence-corrected chi connectivity index (χ0v) is 19.5. The van der Waals surface area contributed by atoms with Crippen LogP contribution < -0.4 is 10.4 Å². The molecule has 0 aromatic heterocycles. The van der Waals surface area contributed by atoms with Gasteiger partial charge in [0.15, 0.2) is 0 Å². The van der Waals surface area contributed by atoms with Gasteiger partial charge in [0, 0.05) is 25.2 Å². The average Bonchev–Trinajstić information content (AvgIpc) is 3.13. The van der Waals surface area contributed by atoms with Crippen LogP contribution in [0.1, 0.15) is 27.7 Å². The maximum absolute atomic E-state index is 12.1. The lowest BCUT2D eigenvalue weighted by Gasteiger charge is -2.43. The normalized spacial score (nSPS) is 19.4. The average molecular weight is 411 g/mol. The number of esters is 1. The molecule has 2 atom stereocenters. The number of hydrogen-bond acceptors (Lipinski definition) is 4. The Morgan fingerprint density at radius 2 is 1.55 bits per heavy atom. The third-order valence-corrected chi connectivity index (χ3v) is 9.49. The molecule has 3 rings (SSSR count). The van der Waals surface area contributed by atoms with Crippen molar-refractivity contribution in [2.45, 2.75) is 39.0 Å². The van der Waals surface area contributed by atoms with Gasteiger partial charge in [-0.05, 0) is 20.8 Å². The largest absolute Gasteiger partial charge is 0.469 e. The molecular formula is C24H34N2O2Si. The number of methoxy groups -OCH3 is 1. The van der Waals surface area contributed by atoms with Gasteiger partial charge in [-0.15, -0.1) is 0 Å². The highest BCUT2D eigenvalue weighted by atomic mass is 28.3. The molecule has 0 bridgehead atoms. The number of carbonyl (C=O) groups excluding carboxylic acids is 1. The van der Waals surface area contributed by atoms with E-state index in [0.29, 0.717) is 5.79 Å². The second-order valence-corrected chi connectivity index (χ2v) is 11.9. The first-order valence-corrected chi connectivity index (χ1v) is 12.3. The van der Waals surface area contributed by atoms with Crippen LogP contribution in [0.15, 0.2) is 60.7 Å². The second-order valence-electron chi connectivity index (χ2n) is 9.00. The highest BCUT2D eigenvalue weighted by Crippen LogP contribution is 2.27. The first kappa shape index (κ1) is 21.7. The van der Waals surface area contributed by atoms with Crippen LogP contribution in [-0.2, 0) is 9.53 Å². The van der Waals surface area contributed by atoms with Gasteiger partial charge in [-0.1, -0.05) is 78.0 Å². The lowest BCUT2D eigenvalue weighted by Crippen LogP contribution is -2.65. The minimum absolute atomic E-state index is 0.0583. The number of ether oxygens (including phenoxy) is 1. The van der Waals surface area contributed by atoms with E-state index in [4.69, 9.17) is 4.74 Å². The number of carbonyl (C=O) groups is 1. The van der Waals surface area contributed by atoms with E-state index in [1.54, 1.807) is 0 Å². The zero-order chi connectivity index (χ0) is 21.0. The molecule has 0 saturated carbocycles. The van der Waals surface area contributed by atoms with E-state index >= 15 is 0 Å². The predicted octanol–water partition coefficient (Wildman–Crippen LogP) is 2.12. The van der Waals surface area contributed by atoms with Crippen molar-refractivity contribution in [3.8, 4) is 0 Å². The Morgan fingerprint density at radius 3 is 2.00 bits per heavy atom. The SMILES string of the molecule is COC(=O)C(C)CN1CCN(C(C)(C)C)C1[SiH](c1ccccc1)c1ccccc1. The number of rotatable bonds is 6. The van der Waals surface area contributed by atoms with E-state index in [1.165, 1.54) is 17.5 Å². The van der Waals surface area contributed by atoms with E-state index < -0.39 is 8.80 Å². The molecule has 29 heavy (non-hydrogen) atoms. The maximum atomic E-state index is 12.1. The molecule has 0 aliphatic carbocycles. The van der Waals surface area contributed by atoms with Crippen molar-refractivity contribution in [2.24, 2.45) is 5.92 Å². The maximum Gasteiger partial charge on any atom is 0.309 e. The molecule has 1 aliphatic heterocycles. The summed E-state index contributed by atoms with van der Waals surface area (Å²) in [6.45, 7) is 11.6. The minimum atomic E-state index is -1.62. The van der Waals surface area contributed by atoms with Crippen LogP contribution in [0.4, 0.5) is 0 Å². The van der Waals surface area contributed by atoms with Gasteiger partial charge in [0.2, 0.25) is 0 Å². The molecule has 5 heteroatoms. The summed E-state index contributed by atoms with van der Waals surface area (Å²) < 4.78 is 5.01. The van der Waals surface area contributed by atoms with Crippen molar-refractivity contribution in [1.29, 1.82) is 0 Å².